The summed E-state index contributed by atoms with van der Waals surface area (Å²) in [5, 5.41) is 18.1. The minimum atomic E-state index is -0.647. The first-order chi connectivity index (χ1) is 15.0. The Bertz CT molecular complexity index is 1040. The van der Waals surface area contributed by atoms with Crippen LogP contribution in [0.5, 0.6) is 0 Å². The van der Waals surface area contributed by atoms with E-state index < -0.39 is 22.8 Å². The van der Waals surface area contributed by atoms with E-state index in [1.165, 1.54) is 13.7 Å². The summed E-state index contributed by atoms with van der Waals surface area (Å²) in [7, 11) is 3.22. The molecule has 0 aromatic carbocycles. The first kappa shape index (κ1) is 26.0. The molecule has 2 aromatic rings. The van der Waals surface area contributed by atoms with Gasteiger partial charge >= 0.3 is 5.69 Å². The molecular weight excluding hydrogens is 412 g/mol. The molecule has 0 aliphatic rings. The van der Waals surface area contributed by atoms with Crippen molar-refractivity contribution in [2.75, 3.05) is 6.61 Å². The zero-order valence-electron chi connectivity index (χ0n) is 20.1. The first-order valence-electron chi connectivity index (χ1n) is 11.5. The van der Waals surface area contributed by atoms with E-state index in [-0.39, 0.29) is 29.4 Å². The number of rotatable bonds is 12. The highest BCUT2D eigenvalue weighted by molar-refractivity contribution is 5.99. The van der Waals surface area contributed by atoms with Gasteiger partial charge in [-0.25, -0.2) is 9.78 Å². The fourth-order valence-corrected chi connectivity index (χ4v) is 3.80. The van der Waals surface area contributed by atoms with Crippen molar-refractivity contribution < 1.29 is 15.0 Å². The van der Waals surface area contributed by atoms with Crippen LogP contribution in [0.1, 0.15) is 82.8 Å². The lowest BCUT2D eigenvalue weighted by atomic mass is 9.90. The van der Waals surface area contributed by atoms with Crippen molar-refractivity contribution in [1.82, 2.24) is 18.7 Å². The lowest BCUT2D eigenvalue weighted by molar-refractivity contribution is 0.0844. The molecule has 0 radical (unpaired) electrons. The maximum Gasteiger partial charge on any atom is 0.332 e. The monoisotopic (exact) mass is 450 g/mol. The topological polar surface area (TPSA) is 119 Å². The molecule has 0 bridgehead atoms. The molecule has 9 nitrogen and oxygen atoms in total. The van der Waals surface area contributed by atoms with E-state index in [1.54, 1.807) is 34.9 Å². The molecular formula is C23H38N4O5. The SMILES string of the molecule is Cn1c(C(=O)C(C)(C)C)nc2c1c(=O)n(CCCCCCCCCC(O)CO)c(=O)n2C. The first-order valence-corrected chi connectivity index (χ1v) is 11.5. The Balaban J connectivity index is 2.03. The van der Waals surface area contributed by atoms with Crippen molar-refractivity contribution in [2.45, 2.75) is 84.8 Å². The van der Waals surface area contributed by atoms with E-state index in [2.05, 4.69) is 4.98 Å². The molecule has 180 valence electrons. The van der Waals surface area contributed by atoms with Gasteiger partial charge in [-0.05, 0) is 12.8 Å². The van der Waals surface area contributed by atoms with Crippen LogP contribution in [0.15, 0.2) is 9.59 Å². The van der Waals surface area contributed by atoms with Crippen molar-refractivity contribution in [2.24, 2.45) is 19.5 Å². The number of unbranched alkanes of at least 4 members (excludes halogenated alkanes) is 6. The number of Topliss-reactive ketones (excluding diaryl/α,β-unsaturated/α-hetero) is 1. The molecule has 0 saturated carbocycles. The van der Waals surface area contributed by atoms with E-state index in [4.69, 9.17) is 5.11 Å². The van der Waals surface area contributed by atoms with Gasteiger partial charge in [0.15, 0.2) is 17.0 Å². The van der Waals surface area contributed by atoms with Gasteiger partial charge in [0.2, 0.25) is 5.78 Å². The van der Waals surface area contributed by atoms with Crippen molar-refractivity contribution in [3.63, 3.8) is 0 Å². The standard InChI is InChI=1S/C23H38N4O5/c1-23(2,3)18(30)20-24-19-17(25(20)4)21(31)27(22(32)26(19)5)14-12-10-8-6-7-9-11-13-16(29)15-28/h16,28-29H,6-15H2,1-5H3. The van der Waals surface area contributed by atoms with E-state index in [0.717, 1.165) is 44.9 Å². The van der Waals surface area contributed by atoms with E-state index in [0.29, 0.717) is 13.0 Å². The molecule has 9 heteroatoms. The van der Waals surface area contributed by atoms with E-state index >= 15 is 0 Å². The highest BCUT2D eigenvalue weighted by Gasteiger charge is 2.29. The average molecular weight is 451 g/mol. The number of carbonyl (C=O) groups excluding carboxylic acids is 1. The Morgan fingerprint density at radius 1 is 0.969 bits per heavy atom. The van der Waals surface area contributed by atoms with Gasteiger partial charge in [-0.2, -0.15) is 0 Å². The van der Waals surface area contributed by atoms with Gasteiger partial charge in [-0.3, -0.25) is 18.7 Å². The fraction of sp³-hybridized carbons (Fsp3) is 0.739. The predicted octanol–water partition coefficient (Wildman–Crippen LogP) is 2.14. The number of aliphatic hydroxyl groups is 2. The Morgan fingerprint density at radius 3 is 2.09 bits per heavy atom. The predicted molar refractivity (Wildman–Crippen MR) is 124 cm³/mol. The van der Waals surface area contributed by atoms with Gasteiger partial charge in [0.05, 0.1) is 12.7 Å². The van der Waals surface area contributed by atoms with Gasteiger partial charge < -0.3 is 14.8 Å². The lowest BCUT2D eigenvalue weighted by Gasteiger charge is -2.15. The summed E-state index contributed by atoms with van der Waals surface area (Å²) >= 11 is 0. The number of nitrogens with zero attached hydrogens (tertiary/aromatic N) is 4. The summed E-state index contributed by atoms with van der Waals surface area (Å²) in [5.41, 5.74) is -0.972. The molecule has 0 amide bonds. The molecule has 0 saturated heterocycles. The van der Waals surface area contributed by atoms with Crippen LogP contribution in [0.25, 0.3) is 11.2 Å². The third-order valence-electron chi connectivity index (χ3n) is 5.87. The molecule has 2 heterocycles. The quantitative estimate of drug-likeness (QED) is 0.378. The highest BCUT2D eigenvalue weighted by atomic mass is 16.3. The molecule has 1 unspecified atom stereocenters. The van der Waals surface area contributed by atoms with Gasteiger partial charge in [0, 0.05) is 26.1 Å². The summed E-state index contributed by atoms with van der Waals surface area (Å²) in [6.45, 7) is 5.54. The Labute approximate surface area is 188 Å². The Hall–Kier alpha value is -2.26. The summed E-state index contributed by atoms with van der Waals surface area (Å²) < 4.78 is 4.09. The molecule has 0 aliphatic carbocycles. The number of hydrogen-bond acceptors (Lipinski definition) is 6. The molecule has 2 aromatic heterocycles. The molecule has 0 spiro atoms. The number of aliphatic hydroxyl groups excluding tert-OH is 2. The van der Waals surface area contributed by atoms with Crippen molar-refractivity contribution in [1.29, 1.82) is 0 Å². The fourth-order valence-electron chi connectivity index (χ4n) is 3.80. The number of aromatic nitrogens is 4. The number of imidazole rings is 1. The normalized spacial score (nSPS) is 13.1. The van der Waals surface area contributed by atoms with E-state index in [9.17, 15) is 19.5 Å². The van der Waals surface area contributed by atoms with Gasteiger partial charge in [-0.1, -0.05) is 59.3 Å². The molecule has 2 N–H and O–H groups in total. The van der Waals surface area contributed by atoms with Crippen molar-refractivity contribution >= 4 is 16.9 Å². The van der Waals surface area contributed by atoms with Crippen LogP contribution in [-0.2, 0) is 20.6 Å². The van der Waals surface area contributed by atoms with Crippen molar-refractivity contribution in [3.05, 3.63) is 26.7 Å². The number of aryl methyl sites for hydroxylation is 2. The summed E-state index contributed by atoms with van der Waals surface area (Å²) in [4.78, 5) is 42.9. The van der Waals surface area contributed by atoms with Crippen LogP contribution in [0.4, 0.5) is 0 Å². The number of ketones is 1. The maximum absolute atomic E-state index is 13.1. The van der Waals surface area contributed by atoms with Crippen LogP contribution in [0, 0.1) is 5.41 Å². The zero-order valence-corrected chi connectivity index (χ0v) is 20.1. The van der Waals surface area contributed by atoms with E-state index in [1.807, 2.05) is 0 Å². The minimum Gasteiger partial charge on any atom is -0.394 e. The van der Waals surface area contributed by atoms with Gasteiger partial charge in [0.1, 0.15) is 0 Å². The highest BCUT2D eigenvalue weighted by Crippen LogP contribution is 2.21. The maximum atomic E-state index is 13.1. The second-order valence-corrected chi connectivity index (χ2v) is 9.64. The number of carbonyl (C=O) groups is 1. The summed E-state index contributed by atoms with van der Waals surface area (Å²) in [5.74, 6) is 0.00401. The smallest absolute Gasteiger partial charge is 0.332 e. The van der Waals surface area contributed by atoms with Crippen LogP contribution in [-0.4, -0.2) is 47.4 Å². The number of fused-ring (bicyclic) bond motifs is 1. The second-order valence-electron chi connectivity index (χ2n) is 9.64. The van der Waals surface area contributed by atoms with Gasteiger partial charge in [0.25, 0.3) is 5.56 Å². The Morgan fingerprint density at radius 2 is 1.53 bits per heavy atom. The van der Waals surface area contributed by atoms with Gasteiger partial charge in [-0.15, -0.1) is 0 Å². The third kappa shape index (κ3) is 5.95. The average Bonchev–Trinajstić information content (AvgIpc) is 3.08. The van der Waals surface area contributed by atoms with Crippen LogP contribution in [0.2, 0.25) is 0 Å². The summed E-state index contributed by atoms with van der Waals surface area (Å²) in [6, 6.07) is 0. The van der Waals surface area contributed by atoms with Crippen LogP contribution in [0.3, 0.4) is 0 Å². The second kappa shape index (κ2) is 11.0. The lowest BCUT2D eigenvalue weighted by Crippen LogP contribution is -2.39. The Kier molecular flexibility index (Phi) is 8.98. The molecule has 2 rings (SSSR count). The summed E-state index contributed by atoms with van der Waals surface area (Å²) in [6.07, 6.45) is 6.68. The van der Waals surface area contributed by atoms with Crippen LogP contribution >= 0.6 is 0 Å². The molecule has 0 fully saturated rings. The number of hydrogen-bond donors (Lipinski definition) is 2. The minimum absolute atomic E-state index is 0.180. The zero-order chi connectivity index (χ0) is 24.1. The molecule has 32 heavy (non-hydrogen) atoms. The van der Waals surface area contributed by atoms with Crippen molar-refractivity contribution in [3.8, 4) is 0 Å². The van der Waals surface area contributed by atoms with Crippen LogP contribution < -0.4 is 11.2 Å². The molecule has 0 aliphatic heterocycles. The largest absolute Gasteiger partial charge is 0.394 e. The molecule has 1 atom stereocenters. The third-order valence-corrected chi connectivity index (χ3v) is 5.87.